The number of benzene rings is 1. The number of hydrogen-bond donors (Lipinski definition) is 1. The van der Waals surface area contributed by atoms with Crippen LogP contribution in [0.4, 0.5) is 4.39 Å². The van der Waals surface area contributed by atoms with E-state index in [1.54, 1.807) is 6.08 Å². The Morgan fingerprint density at radius 2 is 1.96 bits per heavy atom. The molecule has 0 radical (unpaired) electrons. The number of nitrogens with one attached hydrogen (secondary N) is 1. The molecule has 2 heterocycles. The number of allylic oxidation sites excluding steroid dienone is 4. The number of likely N-dealkylation sites (N-methyl/N-ethyl adjacent to an activating group) is 1. The summed E-state index contributed by atoms with van der Waals surface area (Å²) in [6, 6.07) is 7.23. The third-order valence-corrected chi connectivity index (χ3v) is 5.24. The number of aliphatic imine (C=N–C) groups is 1. The van der Waals surface area contributed by atoms with Crippen LogP contribution in [-0.4, -0.2) is 36.3 Å². The van der Waals surface area contributed by atoms with Crippen molar-refractivity contribution in [2.24, 2.45) is 4.99 Å². The minimum atomic E-state index is -0.501. The largest absolute Gasteiger partial charge is 0.311 e. The van der Waals surface area contributed by atoms with E-state index >= 15 is 0 Å². The first-order valence-corrected chi connectivity index (χ1v) is 8.89. The summed E-state index contributed by atoms with van der Waals surface area (Å²) in [5.41, 5.74) is 2.33. The molecule has 1 saturated heterocycles. The molecule has 5 heteroatoms. The minimum Gasteiger partial charge on any atom is -0.311 e. The van der Waals surface area contributed by atoms with Gasteiger partial charge in [-0.2, -0.15) is 0 Å². The van der Waals surface area contributed by atoms with E-state index in [1.807, 2.05) is 30.3 Å². The molecule has 2 unspecified atom stereocenters. The van der Waals surface area contributed by atoms with Crippen LogP contribution in [0.1, 0.15) is 42.9 Å². The molecule has 25 heavy (non-hydrogen) atoms. The van der Waals surface area contributed by atoms with E-state index in [-0.39, 0.29) is 17.8 Å². The van der Waals surface area contributed by atoms with Crippen molar-refractivity contribution >= 4 is 17.3 Å². The normalized spacial score (nSPS) is 27.0. The molecule has 3 aliphatic rings. The highest BCUT2D eigenvalue weighted by molar-refractivity contribution is 6.08. The lowest BCUT2D eigenvalue weighted by molar-refractivity contribution is -0.120. The van der Waals surface area contributed by atoms with Crippen molar-refractivity contribution < 1.29 is 9.18 Å². The highest BCUT2D eigenvalue weighted by atomic mass is 19.1. The van der Waals surface area contributed by atoms with Gasteiger partial charge in [0, 0.05) is 5.57 Å². The SMILES string of the molecule is CN1CCCC1C1=NC(c2ccc(C3=CCCC=C3F)cc2)C(=O)N1. The lowest BCUT2D eigenvalue weighted by Gasteiger charge is -2.18. The zero-order chi connectivity index (χ0) is 17.4. The van der Waals surface area contributed by atoms with Gasteiger partial charge in [-0.15, -0.1) is 0 Å². The average Bonchev–Trinajstić information content (AvgIpc) is 3.21. The summed E-state index contributed by atoms with van der Waals surface area (Å²) in [6.07, 6.45) is 7.33. The summed E-state index contributed by atoms with van der Waals surface area (Å²) >= 11 is 0. The number of amides is 1. The molecule has 130 valence electrons. The molecule has 2 atom stereocenters. The maximum absolute atomic E-state index is 14.0. The smallest absolute Gasteiger partial charge is 0.254 e. The molecule has 0 bridgehead atoms. The molecule has 0 spiro atoms. The van der Waals surface area contributed by atoms with Crippen LogP contribution in [0.5, 0.6) is 0 Å². The molecule has 1 N–H and O–H groups in total. The van der Waals surface area contributed by atoms with E-state index in [9.17, 15) is 9.18 Å². The molecule has 2 aliphatic heterocycles. The highest BCUT2D eigenvalue weighted by Crippen LogP contribution is 2.31. The van der Waals surface area contributed by atoms with Gasteiger partial charge in [-0.3, -0.25) is 14.7 Å². The fourth-order valence-corrected chi connectivity index (χ4v) is 3.82. The lowest BCUT2D eigenvalue weighted by atomic mass is 9.96. The quantitative estimate of drug-likeness (QED) is 0.917. The Morgan fingerprint density at radius 3 is 2.64 bits per heavy atom. The number of rotatable bonds is 3. The summed E-state index contributed by atoms with van der Waals surface area (Å²) < 4.78 is 14.0. The topological polar surface area (TPSA) is 44.7 Å². The molecule has 1 aliphatic carbocycles. The standard InChI is InChI=1S/C20H22FN3O/c1-24-12-4-7-17(24)19-22-18(20(25)23-19)14-10-8-13(9-11-14)15-5-2-3-6-16(15)21/h5-6,8-11,17-18H,2-4,7,12H2,1H3,(H,22,23,25). The van der Waals surface area contributed by atoms with E-state index in [2.05, 4.69) is 22.3 Å². The maximum Gasteiger partial charge on any atom is 0.254 e. The Kier molecular flexibility index (Phi) is 4.25. The second-order valence-corrected chi connectivity index (χ2v) is 6.91. The van der Waals surface area contributed by atoms with Gasteiger partial charge in [-0.05, 0) is 56.5 Å². The van der Waals surface area contributed by atoms with Gasteiger partial charge >= 0.3 is 0 Å². The number of halogens is 1. The Bertz CT molecular complexity index is 779. The van der Waals surface area contributed by atoms with Crippen LogP contribution in [0.2, 0.25) is 0 Å². The Morgan fingerprint density at radius 1 is 1.20 bits per heavy atom. The van der Waals surface area contributed by atoms with E-state index in [0.29, 0.717) is 5.57 Å². The van der Waals surface area contributed by atoms with Gasteiger partial charge in [-0.25, -0.2) is 4.39 Å². The predicted molar refractivity (Wildman–Crippen MR) is 96.8 cm³/mol. The molecule has 4 nitrogen and oxygen atoms in total. The van der Waals surface area contributed by atoms with Gasteiger partial charge in [0.05, 0.1) is 6.04 Å². The number of carbonyl (C=O) groups is 1. The van der Waals surface area contributed by atoms with E-state index in [0.717, 1.165) is 49.2 Å². The molecule has 1 fully saturated rings. The average molecular weight is 339 g/mol. The summed E-state index contributed by atoms with van der Waals surface area (Å²) in [5.74, 6) is 0.538. The second kappa shape index (κ2) is 6.56. The highest BCUT2D eigenvalue weighted by Gasteiger charge is 2.35. The van der Waals surface area contributed by atoms with Crippen LogP contribution >= 0.6 is 0 Å². The third-order valence-electron chi connectivity index (χ3n) is 5.24. The van der Waals surface area contributed by atoms with E-state index < -0.39 is 6.04 Å². The first-order valence-electron chi connectivity index (χ1n) is 8.89. The third kappa shape index (κ3) is 3.04. The van der Waals surface area contributed by atoms with Gasteiger partial charge in [0.25, 0.3) is 5.91 Å². The van der Waals surface area contributed by atoms with Crippen LogP contribution in [0.15, 0.2) is 47.2 Å². The monoisotopic (exact) mass is 339 g/mol. The molecular formula is C20H22FN3O. The Balaban J connectivity index is 1.56. The van der Waals surface area contributed by atoms with Gasteiger partial charge in [-0.1, -0.05) is 30.3 Å². The van der Waals surface area contributed by atoms with Crippen LogP contribution in [-0.2, 0) is 4.79 Å². The Labute approximate surface area is 147 Å². The van der Waals surface area contributed by atoms with Crippen LogP contribution in [0.25, 0.3) is 5.57 Å². The number of hydrogen-bond acceptors (Lipinski definition) is 3. The van der Waals surface area contributed by atoms with E-state index in [1.165, 1.54) is 0 Å². The van der Waals surface area contributed by atoms with E-state index in [4.69, 9.17) is 0 Å². The minimum absolute atomic E-state index is 0.0778. The summed E-state index contributed by atoms with van der Waals surface area (Å²) in [5, 5.41) is 2.95. The lowest BCUT2D eigenvalue weighted by Crippen LogP contribution is -2.40. The van der Waals surface area contributed by atoms with Gasteiger partial charge in [0.15, 0.2) is 6.04 Å². The van der Waals surface area contributed by atoms with Crippen molar-refractivity contribution in [2.75, 3.05) is 13.6 Å². The van der Waals surface area contributed by atoms with Crippen LogP contribution in [0.3, 0.4) is 0 Å². The van der Waals surface area contributed by atoms with Crippen molar-refractivity contribution in [1.29, 1.82) is 0 Å². The predicted octanol–water partition coefficient (Wildman–Crippen LogP) is 3.38. The summed E-state index contributed by atoms with van der Waals surface area (Å²) in [4.78, 5) is 19.2. The van der Waals surface area contributed by atoms with Crippen molar-refractivity contribution in [3.63, 3.8) is 0 Å². The van der Waals surface area contributed by atoms with Crippen LogP contribution in [0, 0.1) is 0 Å². The summed E-state index contributed by atoms with van der Waals surface area (Å²) in [6.45, 7) is 1.03. The van der Waals surface area contributed by atoms with Crippen molar-refractivity contribution in [3.8, 4) is 0 Å². The maximum atomic E-state index is 14.0. The molecular weight excluding hydrogens is 317 g/mol. The van der Waals surface area contributed by atoms with Crippen molar-refractivity contribution in [3.05, 3.63) is 53.4 Å². The number of amidine groups is 1. The van der Waals surface area contributed by atoms with Gasteiger partial charge < -0.3 is 5.32 Å². The zero-order valence-electron chi connectivity index (χ0n) is 14.3. The fraction of sp³-hybridized carbons (Fsp3) is 0.400. The molecule has 0 saturated carbocycles. The first-order chi connectivity index (χ1) is 12.1. The number of likely N-dealkylation sites (tertiary alicyclic amines) is 1. The molecule has 0 aromatic heterocycles. The first kappa shape index (κ1) is 16.2. The molecule has 1 aromatic carbocycles. The van der Waals surface area contributed by atoms with Gasteiger partial charge in [0.1, 0.15) is 11.7 Å². The number of nitrogens with zero attached hydrogens (tertiary/aromatic N) is 2. The molecule has 1 amide bonds. The Hall–Kier alpha value is -2.27. The van der Waals surface area contributed by atoms with Gasteiger partial charge in [0.2, 0.25) is 0 Å². The number of carbonyl (C=O) groups excluding carboxylic acids is 1. The summed E-state index contributed by atoms with van der Waals surface area (Å²) in [7, 11) is 2.06. The second-order valence-electron chi connectivity index (χ2n) is 6.91. The molecule has 1 aromatic rings. The zero-order valence-corrected chi connectivity index (χ0v) is 14.3. The fourth-order valence-electron chi connectivity index (χ4n) is 3.82. The van der Waals surface area contributed by atoms with Crippen molar-refractivity contribution in [1.82, 2.24) is 10.2 Å². The molecule has 4 rings (SSSR count). The van der Waals surface area contributed by atoms with Crippen LogP contribution < -0.4 is 5.32 Å². The van der Waals surface area contributed by atoms with Crippen molar-refractivity contribution in [2.45, 2.75) is 37.8 Å².